The molecule has 4 heteroatoms. The highest BCUT2D eigenvalue weighted by atomic mass is 35.5. The Balaban J connectivity index is 2.01. The minimum absolute atomic E-state index is 0.0439. The lowest BCUT2D eigenvalue weighted by Gasteiger charge is -2.13. The first-order valence-electron chi connectivity index (χ1n) is 5.20. The molecule has 1 aromatic carbocycles. The van der Waals surface area contributed by atoms with E-state index in [4.69, 9.17) is 16.4 Å². The van der Waals surface area contributed by atoms with E-state index in [9.17, 15) is 4.79 Å². The largest absolute Gasteiger partial charge is 0.275 e. The summed E-state index contributed by atoms with van der Waals surface area (Å²) in [7, 11) is 3.14. The number of halogens is 1. The first-order valence-corrected chi connectivity index (χ1v) is 5.58. The average Bonchev–Trinajstić information content (AvgIpc) is 3.08. The van der Waals surface area contributed by atoms with Gasteiger partial charge in [-0.05, 0) is 30.0 Å². The highest BCUT2D eigenvalue weighted by Crippen LogP contribution is 2.48. The summed E-state index contributed by atoms with van der Waals surface area (Å²) in [5, 5.41) is 2.02. The molecule has 0 bridgehead atoms. The lowest BCUT2D eigenvalue weighted by molar-refractivity contribution is -0.170. The number of benzene rings is 1. The SMILES string of the molecule is CON(C)C(=O)[C@@H]1C[C@H]1c1ccc(Cl)cc1. The fourth-order valence-electron chi connectivity index (χ4n) is 1.87. The number of hydrogen-bond acceptors (Lipinski definition) is 2. The van der Waals surface area contributed by atoms with Crippen molar-refractivity contribution in [2.45, 2.75) is 12.3 Å². The van der Waals surface area contributed by atoms with Gasteiger partial charge in [-0.25, -0.2) is 5.06 Å². The van der Waals surface area contributed by atoms with Crippen LogP contribution >= 0.6 is 11.6 Å². The Morgan fingerprint density at radius 1 is 1.44 bits per heavy atom. The van der Waals surface area contributed by atoms with Gasteiger partial charge in [0.15, 0.2) is 0 Å². The predicted molar refractivity (Wildman–Crippen MR) is 62.1 cm³/mol. The van der Waals surface area contributed by atoms with Crippen molar-refractivity contribution < 1.29 is 9.63 Å². The van der Waals surface area contributed by atoms with Crippen LogP contribution in [0.25, 0.3) is 0 Å². The van der Waals surface area contributed by atoms with Gasteiger partial charge in [0.1, 0.15) is 0 Å². The lowest BCUT2D eigenvalue weighted by Crippen LogP contribution is -2.27. The Morgan fingerprint density at radius 3 is 2.62 bits per heavy atom. The molecule has 1 aliphatic carbocycles. The van der Waals surface area contributed by atoms with E-state index in [1.807, 2.05) is 24.3 Å². The Kier molecular flexibility index (Phi) is 3.17. The van der Waals surface area contributed by atoms with Crippen molar-refractivity contribution in [2.24, 2.45) is 5.92 Å². The van der Waals surface area contributed by atoms with Crippen LogP contribution in [-0.4, -0.2) is 25.1 Å². The molecule has 0 radical (unpaired) electrons. The van der Waals surface area contributed by atoms with Gasteiger partial charge >= 0.3 is 0 Å². The van der Waals surface area contributed by atoms with Gasteiger partial charge in [0.2, 0.25) is 5.91 Å². The molecule has 1 aromatic rings. The summed E-state index contributed by atoms with van der Waals surface area (Å²) in [5.41, 5.74) is 1.17. The summed E-state index contributed by atoms with van der Waals surface area (Å²) >= 11 is 5.81. The van der Waals surface area contributed by atoms with Crippen LogP contribution in [0.3, 0.4) is 0 Å². The first-order chi connectivity index (χ1) is 7.63. The van der Waals surface area contributed by atoms with Gasteiger partial charge in [-0.15, -0.1) is 0 Å². The minimum Gasteiger partial charge on any atom is -0.275 e. The minimum atomic E-state index is 0.0439. The zero-order chi connectivity index (χ0) is 11.7. The maximum atomic E-state index is 11.8. The van der Waals surface area contributed by atoms with Crippen LogP contribution in [0.5, 0.6) is 0 Å². The van der Waals surface area contributed by atoms with Crippen molar-refractivity contribution in [1.29, 1.82) is 0 Å². The van der Waals surface area contributed by atoms with Crippen LogP contribution in [0.1, 0.15) is 17.9 Å². The van der Waals surface area contributed by atoms with E-state index in [0.29, 0.717) is 5.92 Å². The quantitative estimate of drug-likeness (QED) is 0.759. The zero-order valence-corrected chi connectivity index (χ0v) is 10.1. The van der Waals surface area contributed by atoms with Crippen LogP contribution in [0.2, 0.25) is 5.02 Å². The number of hydrogen-bond donors (Lipinski definition) is 0. The van der Waals surface area contributed by atoms with Crippen molar-refractivity contribution >= 4 is 17.5 Å². The van der Waals surface area contributed by atoms with Gasteiger partial charge in [0.05, 0.1) is 7.11 Å². The van der Waals surface area contributed by atoms with Crippen LogP contribution < -0.4 is 0 Å². The van der Waals surface area contributed by atoms with Crippen LogP contribution in [-0.2, 0) is 9.63 Å². The topological polar surface area (TPSA) is 29.5 Å². The molecule has 0 spiro atoms. The Labute approximate surface area is 99.9 Å². The van der Waals surface area contributed by atoms with E-state index in [0.717, 1.165) is 11.4 Å². The summed E-state index contributed by atoms with van der Waals surface area (Å²) < 4.78 is 0. The Morgan fingerprint density at radius 2 is 2.06 bits per heavy atom. The molecule has 1 saturated carbocycles. The normalized spacial score (nSPS) is 22.9. The summed E-state index contributed by atoms with van der Waals surface area (Å²) in [5.74, 6) is 0.427. The summed E-state index contributed by atoms with van der Waals surface area (Å²) in [6, 6.07) is 7.67. The number of rotatable bonds is 3. The number of hydroxylamine groups is 2. The molecular formula is C12H14ClNO2. The Hall–Kier alpha value is -1.06. The van der Waals surface area contributed by atoms with E-state index >= 15 is 0 Å². The summed E-state index contributed by atoms with van der Waals surface area (Å²) in [6.07, 6.45) is 0.897. The molecule has 1 aliphatic rings. The van der Waals surface area contributed by atoms with Gasteiger partial charge in [-0.1, -0.05) is 23.7 Å². The van der Waals surface area contributed by atoms with Crippen molar-refractivity contribution in [2.75, 3.05) is 14.2 Å². The smallest absolute Gasteiger partial charge is 0.249 e. The van der Waals surface area contributed by atoms with Crippen LogP contribution in [0.15, 0.2) is 24.3 Å². The maximum absolute atomic E-state index is 11.8. The van der Waals surface area contributed by atoms with Crippen LogP contribution in [0.4, 0.5) is 0 Å². The average molecular weight is 240 g/mol. The fourth-order valence-corrected chi connectivity index (χ4v) is 2.00. The number of carbonyl (C=O) groups is 1. The zero-order valence-electron chi connectivity index (χ0n) is 9.31. The third-order valence-corrected chi connectivity index (χ3v) is 3.24. The van der Waals surface area contributed by atoms with E-state index in [-0.39, 0.29) is 11.8 Å². The molecule has 0 saturated heterocycles. The highest BCUT2D eigenvalue weighted by molar-refractivity contribution is 6.30. The summed E-state index contributed by atoms with van der Waals surface area (Å²) in [4.78, 5) is 16.6. The van der Waals surface area contributed by atoms with Crippen molar-refractivity contribution in [3.63, 3.8) is 0 Å². The van der Waals surface area contributed by atoms with Crippen molar-refractivity contribution in [3.05, 3.63) is 34.9 Å². The van der Waals surface area contributed by atoms with Crippen molar-refractivity contribution in [3.8, 4) is 0 Å². The second kappa shape index (κ2) is 4.44. The van der Waals surface area contributed by atoms with Gasteiger partial charge in [0, 0.05) is 18.0 Å². The fraction of sp³-hybridized carbons (Fsp3) is 0.417. The molecule has 86 valence electrons. The van der Waals surface area contributed by atoms with Gasteiger partial charge in [-0.3, -0.25) is 9.63 Å². The molecule has 0 heterocycles. The van der Waals surface area contributed by atoms with E-state index in [1.54, 1.807) is 7.05 Å². The molecule has 2 atom stereocenters. The summed E-state index contributed by atoms with van der Waals surface area (Å²) in [6.45, 7) is 0. The first kappa shape index (κ1) is 11.4. The monoisotopic (exact) mass is 239 g/mol. The van der Waals surface area contributed by atoms with Gasteiger partial charge in [0.25, 0.3) is 0 Å². The maximum Gasteiger partial charge on any atom is 0.249 e. The third-order valence-electron chi connectivity index (χ3n) is 2.99. The highest BCUT2D eigenvalue weighted by Gasteiger charge is 2.45. The number of amides is 1. The third kappa shape index (κ3) is 2.20. The molecule has 0 N–H and O–H groups in total. The lowest BCUT2D eigenvalue weighted by atomic mass is 10.1. The second-order valence-electron chi connectivity index (χ2n) is 4.02. The Bertz CT molecular complexity index is 391. The second-order valence-corrected chi connectivity index (χ2v) is 4.45. The molecule has 1 fully saturated rings. The standard InChI is InChI=1S/C12H14ClNO2/c1-14(16-2)12(15)11-7-10(11)8-3-5-9(13)6-4-8/h3-6,10-11H,7H2,1-2H3/t10-,11+/m0/s1. The van der Waals surface area contributed by atoms with E-state index in [1.165, 1.54) is 17.7 Å². The molecule has 3 nitrogen and oxygen atoms in total. The van der Waals surface area contributed by atoms with E-state index in [2.05, 4.69) is 0 Å². The number of nitrogens with zero attached hydrogens (tertiary/aromatic N) is 1. The molecule has 0 aromatic heterocycles. The molecule has 0 aliphatic heterocycles. The molecule has 0 unspecified atom stereocenters. The van der Waals surface area contributed by atoms with Gasteiger partial charge in [-0.2, -0.15) is 0 Å². The van der Waals surface area contributed by atoms with Gasteiger partial charge < -0.3 is 0 Å². The molecular weight excluding hydrogens is 226 g/mol. The van der Waals surface area contributed by atoms with Crippen molar-refractivity contribution in [1.82, 2.24) is 5.06 Å². The van der Waals surface area contributed by atoms with E-state index < -0.39 is 0 Å². The van der Waals surface area contributed by atoms with Crippen LogP contribution in [0, 0.1) is 5.92 Å². The predicted octanol–water partition coefficient (Wildman–Crippen LogP) is 2.46. The molecule has 1 amide bonds. The number of carbonyl (C=O) groups excluding carboxylic acids is 1. The molecule has 16 heavy (non-hydrogen) atoms. The molecule has 2 rings (SSSR count).